The lowest BCUT2D eigenvalue weighted by Crippen LogP contribution is -2.23. The summed E-state index contributed by atoms with van der Waals surface area (Å²) in [6.45, 7) is 0.0149. The minimum atomic E-state index is -0.262. The molecule has 2 aliphatic heterocycles. The molecular weight excluding hydrogens is 136 g/mol. The first kappa shape index (κ1) is 6.54. The molecule has 0 radical (unpaired) electrons. The summed E-state index contributed by atoms with van der Waals surface area (Å²) in [6, 6.07) is 0. The van der Waals surface area contributed by atoms with Crippen LogP contribution in [0.3, 0.4) is 0 Å². The second-order valence-electron chi connectivity index (χ2n) is 2.53. The van der Waals surface area contributed by atoms with Crippen molar-refractivity contribution < 1.29 is 19.3 Å². The van der Waals surface area contributed by atoms with Crippen molar-refractivity contribution in [2.24, 2.45) is 0 Å². The molecule has 4 heteroatoms. The van der Waals surface area contributed by atoms with Crippen LogP contribution in [0, 0.1) is 0 Å². The van der Waals surface area contributed by atoms with Gasteiger partial charge in [-0.25, -0.2) is 0 Å². The molecule has 2 heterocycles. The van der Waals surface area contributed by atoms with Crippen molar-refractivity contribution in [2.45, 2.75) is 24.6 Å². The van der Waals surface area contributed by atoms with E-state index in [4.69, 9.17) is 19.3 Å². The standard InChI is InChI=1S/C6H10O4/c1-8-6-5-4(10-5)3(2-7)9-6/h3-7H,2H2,1H3/t3-,4+,5+,6?/m1/s1. The summed E-state index contributed by atoms with van der Waals surface area (Å²) in [5.74, 6) is 0. The topological polar surface area (TPSA) is 51.2 Å². The van der Waals surface area contributed by atoms with Crippen LogP contribution < -0.4 is 0 Å². The summed E-state index contributed by atoms with van der Waals surface area (Å²) in [5, 5.41) is 8.72. The number of rotatable bonds is 2. The van der Waals surface area contributed by atoms with Gasteiger partial charge < -0.3 is 19.3 Å². The first-order valence-corrected chi connectivity index (χ1v) is 3.31. The van der Waals surface area contributed by atoms with Gasteiger partial charge in [-0.15, -0.1) is 0 Å². The van der Waals surface area contributed by atoms with Gasteiger partial charge in [-0.1, -0.05) is 0 Å². The van der Waals surface area contributed by atoms with E-state index in [1.165, 1.54) is 0 Å². The highest BCUT2D eigenvalue weighted by molar-refractivity contribution is 4.99. The van der Waals surface area contributed by atoms with Crippen molar-refractivity contribution in [3.8, 4) is 0 Å². The maximum absolute atomic E-state index is 8.72. The molecule has 2 fully saturated rings. The molecule has 0 saturated carbocycles. The van der Waals surface area contributed by atoms with Crippen molar-refractivity contribution in [1.82, 2.24) is 0 Å². The van der Waals surface area contributed by atoms with E-state index in [0.717, 1.165) is 0 Å². The number of aliphatic hydroxyl groups is 1. The zero-order chi connectivity index (χ0) is 7.14. The minimum Gasteiger partial charge on any atom is -0.394 e. The van der Waals surface area contributed by atoms with Crippen LogP contribution in [-0.4, -0.2) is 43.4 Å². The van der Waals surface area contributed by atoms with Crippen LogP contribution in [-0.2, 0) is 14.2 Å². The highest BCUT2D eigenvalue weighted by Crippen LogP contribution is 2.38. The fourth-order valence-electron chi connectivity index (χ4n) is 1.32. The van der Waals surface area contributed by atoms with Crippen molar-refractivity contribution in [1.29, 1.82) is 0 Å². The predicted octanol–water partition coefficient (Wildman–Crippen LogP) is -0.883. The van der Waals surface area contributed by atoms with E-state index in [1.54, 1.807) is 7.11 Å². The molecule has 10 heavy (non-hydrogen) atoms. The monoisotopic (exact) mass is 146 g/mol. The number of hydrogen-bond acceptors (Lipinski definition) is 4. The molecule has 0 aromatic rings. The number of epoxide rings is 1. The zero-order valence-corrected chi connectivity index (χ0v) is 5.69. The molecule has 0 spiro atoms. The molecule has 2 rings (SSSR count). The van der Waals surface area contributed by atoms with Crippen LogP contribution in [0.15, 0.2) is 0 Å². The Hall–Kier alpha value is -0.160. The maximum atomic E-state index is 8.72. The van der Waals surface area contributed by atoms with E-state index in [2.05, 4.69) is 0 Å². The summed E-state index contributed by atoms with van der Waals surface area (Å²) in [5.41, 5.74) is 0. The van der Waals surface area contributed by atoms with Crippen LogP contribution in [0.4, 0.5) is 0 Å². The van der Waals surface area contributed by atoms with Crippen molar-refractivity contribution in [3.05, 3.63) is 0 Å². The lowest BCUT2D eigenvalue weighted by atomic mass is 10.2. The smallest absolute Gasteiger partial charge is 0.186 e. The Morgan fingerprint density at radius 3 is 2.60 bits per heavy atom. The van der Waals surface area contributed by atoms with Gasteiger partial charge in [0.25, 0.3) is 0 Å². The first-order chi connectivity index (χ1) is 4.86. The lowest BCUT2D eigenvalue weighted by Gasteiger charge is -2.13. The molecule has 0 amide bonds. The molecule has 4 nitrogen and oxygen atoms in total. The molecule has 2 saturated heterocycles. The molecule has 4 atom stereocenters. The highest BCUT2D eigenvalue weighted by Gasteiger charge is 2.58. The summed E-state index contributed by atoms with van der Waals surface area (Å²) in [4.78, 5) is 0. The van der Waals surface area contributed by atoms with Gasteiger partial charge in [0, 0.05) is 7.11 Å². The molecule has 0 bridgehead atoms. The van der Waals surface area contributed by atoms with Crippen LogP contribution in [0.25, 0.3) is 0 Å². The largest absolute Gasteiger partial charge is 0.394 e. The van der Waals surface area contributed by atoms with Crippen LogP contribution in [0.2, 0.25) is 0 Å². The van der Waals surface area contributed by atoms with Gasteiger partial charge in [-0.3, -0.25) is 0 Å². The molecule has 0 aromatic carbocycles. The van der Waals surface area contributed by atoms with Crippen molar-refractivity contribution in [2.75, 3.05) is 13.7 Å². The van der Waals surface area contributed by atoms with Gasteiger partial charge in [0.2, 0.25) is 0 Å². The summed E-state index contributed by atoms with van der Waals surface area (Å²) in [7, 11) is 1.57. The van der Waals surface area contributed by atoms with Crippen molar-refractivity contribution in [3.63, 3.8) is 0 Å². The normalized spacial score (nSPS) is 51.0. The molecule has 0 aliphatic carbocycles. The Bertz CT molecular complexity index is 124. The molecule has 1 unspecified atom stereocenters. The van der Waals surface area contributed by atoms with Gasteiger partial charge in [-0.2, -0.15) is 0 Å². The average molecular weight is 146 g/mol. The molecular formula is C6H10O4. The van der Waals surface area contributed by atoms with E-state index in [1.807, 2.05) is 0 Å². The molecule has 2 aliphatic rings. The first-order valence-electron chi connectivity index (χ1n) is 3.31. The lowest BCUT2D eigenvalue weighted by molar-refractivity contribution is -0.166. The highest BCUT2D eigenvalue weighted by atomic mass is 16.8. The van der Waals surface area contributed by atoms with Gasteiger partial charge in [0.15, 0.2) is 6.29 Å². The van der Waals surface area contributed by atoms with Crippen LogP contribution >= 0.6 is 0 Å². The Morgan fingerprint density at radius 2 is 2.20 bits per heavy atom. The number of ether oxygens (including phenoxy) is 3. The van der Waals surface area contributed by atoms with Crippen LogP contribution in [0.1, 0.15) is 0 Å². The third-order valence-electron chi connectivity index (χ3n) is 1.92. The number of hydrogen-bond donors (Lipinski definition) is 1. The fourth-order valence-corrected chi connectivity index (χ4v) is 1.32. The maximum Gasteiger partial charge on any atom is 0.186 e. The average Bonchev–Trinajstić information content (AvgIpc) is 2.67. The Balaban J connectivity index is 1.95. The number of methoxy groups -OCH3 is 1. The van der Waals surface area contributed by atoms with Gasteiger partial charge in [-0.05, 0) is 0 Å². The SMILES string of the molecule is COC1O[C@H](CO)[C@@H]2O[C@H]12. The zero-order valence-electron chi connectivity index (χ0n) is 5.69. The van der Waals surface area contributed by atoms with E-state index in [9.17, 15) is 0 Å². The van der Waals surface area contributed by atoms with Gasteiger partial charge in [0.1, 0.15) is 18.3 Å². The number of fused-ring (bicyclic) bond motifs is 1. The third kappa shape index (κ3) is 0.769. The van der Waals surface area contributed by atoms with Gasteiger partial charge in [0.05, 0.1) is 6.61 Å². The number of aliphatic hydroxyl groups excluding tert-OH is 1. The third-order valence-corrected chi connectivity index (χ3v) is 1.92. The summed E-state index contributed by atoms with van der Waals surface area (Å²) in [6.07, 6.45) is -0.283. The Kier molecular flexibility index (Phi) is 1.42. The van der Waals surface area contributed by atoms with E-state index in [0.29, 0.717) is 0 Å². The summed E-state index contributed by atoms with van der Waals surface area (Å²) < 4.78 is 15.3. The van der Waals surface area contributed by atoms with E-state index in [-0.39, 0.29) is 31.2 Å². The second kappa shape index (κ2) is 2.17. The minimum absolute atomic E-state index is 0.0149. The van der Waals surface area contributed by atoms with E-state index < -0.39 is 0 Å². The molecule has 0 aromatic heterocycles. The fraction of sp³-hybridized carbons (Fsp3) is 1.00. The molecule has 1 N–H and O–H groups in total. The molecule has 58 valence electrons. The second-order valence-corrected chi connectivity index (χ2v) is 2.53. The van der Waals surface area contributed by atoms with Gasteiger partial charge >= 0.3 is 0 Å². The predicted molar refractivity (Wildman–Crippen MR) is 31.4 cm³/mol. The quantitative estimate of drug-likeness (QED) is 0.514. The van der Waals surface area contributed by atoms with E-state index >= 15 is 0 Å². The Labute approximate surface area is 58.7 Å². The summed E-state index contributed by atoms with van der Waals surface area (Å²) >= 11 is 0. The van der Waals surface area contributed by atoms with Crippen LogP contribution in [0.5, 0.6) is 0 Å². The Morgan fingerprint density at radius 1 is 1.40 bits per heavy atom. The van der Waals surface area contributed by atoms with Crippen molar-refractivity contribution >= 4 is 0 Å².